The minimum absolute atomic E-state index is 0.0254. The van der Waals surface area contributed by atoms with Crippen molar-refractivity contribution in [3.8, 4) is 0 Å². The van der Waals surface area contributed by atoms with Crippen molar-refractivity contribution in [3.05, 3.63) is 0 Å². The molecule has 0 bridgehead atoms. The molecule has 0 aromatic heterocycles. The number of esters is 2. The lowest BCUT2D eigenvalue weighted by atomic mass is 10.1. The molecule has 0 saturated heterocycles. The van der Waals surface area contributed by atoms with Crippen molar-refractivity contribution >= 4 is 11.9 Å². The maximum atomic E-state index is 11.9. The lowest BCUT2D eigenvalue weighted by Gasteiger charge is -2.13. The smallest absolute Gasteiger partial charge is 0.306 e. The molecule has 0 aliphatic rings. The number of hydrogen-bond acceptors (Lipinski definition) is 4. The van der Waals surface area contributed by atoms with Crippen LogP contribution < -0.4 is 0 Å². The van der Waals surface area contributed by atoms with Crippen LogP contribution in [0.4, 0.5) is 0 Å². The van der Waals surface area contributed by atoms with Crippen molar-refractivity contribution in [2.75, 3.05) is 6.61 Å². The zero-order chi connectivity index (χ0) is 21.6. The molecule has 0 spiro atoms. The van der Waals surface area contributed by atoms with Crippen LogP contribution in [-0.2, 0) is 19.1 Å². The van der Waals surface area contributed by atoms with Crippen LogP contribution in [0.1, 0.15) is 136 Å². The molecule has 4 heteroatoms. The standard InChI is InChI=1S/C25H48O4/c1-4-6-8-10-12-13-15-17-22-28-24(26)20-18-21-25(27)29-23(3)19-16-14-11-9-7-5-2/h23H,4-22H2,1-3H3. The zero-order valence-corrected chi connectivity index (χ0v) is 19.6. The fraction of sp³-hybridized carbons (Fsp3) is 0.920. The predicted molar refractivity (Wildman–Crippen MR) is 121 cm³/mol. The Bertz CT molecular complexity index is 381. The van der Waals surface area contributed by atoms with Crippen LogP contribution in [-0.4, -0.2) is 24.6 Å². The summed E-state index contributed by atoms with van der Waals surface area (Å²) in [4.78, 5) is 23.6. The van der Waals surface area contributed by atoms with Crippen LogP contribution >= 0.6 is 0 Å². The first kappa shape index (κ1) is 27.9. The third-order valence-corrected chi connectivity index (χ3v) is 5.32. The Kier molecular flexibility index (Phi) is 20.9. The van der Waals surface area contributed by atoms with Gasteiger partial charge in [0.1, 0.15) is 0 Å². The average molecular weight is 413 g/mol. The summed E-state index contributed by atoms with van der Waals surface area (Å²) in [7, 11) is 0. The number of carbonyl (C=O) groups is 2. The fourth-order valence-corrected chi connectivity index (χ4v) is 3.43. The molecular formula is C25H48O4. The van der Waals surface area contributed by atoms with Crippen molar-refractivity contribution in [2.24, 2.45) is 0 Å². The van der Waals surface area contributed by atoms with E-state index in [-0.39, 0.29) is 18.0 Å². The van der Waals surface area contributed by atoms with Crippen molar-refractivity contribution in [1.29, 1.82) is 0 Å². The van der Waals surface area contributed by atoms with E-state index in [4.69, 9.17) is 9.47 Å². The van der Waals surface area contributed by atoms with Crippen LogP contribution in [0.2, 0.25) is 0 Å². The van der Waals surface area contributed by atoms with E-state index < -0.39 is 0 Å². The van der Waals surface area contributed by atoms with Gasteiger partial charge in [-0.1, -0.05) is 90.9 Å². The van der Waals surface area contributed by atoms with Crippen LogP contribution in [0.5, 0.6) is 0 Å². The highest BCUT2D eigenvalue weighted by Gasteiger charge is 2.11. The number of unbranched alkanes of at least 4 members (excludes halogenated alkanes) is 12. The highest BCUT2D eigenvalue weighted by Crippen LogP contribution is 2.12. The van der Waals surface area contributed by atoms with E-state index >= 15 is 0 Å². The molecule has 0 aliphatic heterocycles. The number of rotatable bonds is 21. The van der Waals surface area contributed by atoms with Gasteiger partial charge in [0.25, 0.3) is 0 Å². The summed E-state index contributed by atoms with van der Waals surface area (Å²) in [6.45, 7) is 6.92. The molecule has 0 saturated carbocycles. The van der Waals surface area contributed by atoms with Crippen LogP contribution in [0.3, 0.4) is 0 Å². The van der Waals surface area contributed by atoms with Gasteiger partial charge in [0.05, 0.1) is 12.7 Å². The van der Waals surface area contributed by atoms with Gasteiger partial charge in [-0.3, -0.25) is 9.59 Å². The Balaban J connectivity index is 3.46. The molecule has 0 aliphatic carbocycles. The van der Waals surface area contributed by atoms with E-state index in [1.165, 1.54) is 70.6 Å². The van der Waals surface area contributed by atoms with Gasteiger partial charge < -0.3 is 9.47 Å². The summed E-state index contributed by atoms with van der Waals surface area (Å²) < 4.78 is 10.7. The largest absolute Gasteiger partial charge is 0.466 e. The summed E-state index contributed by atoms with van der Waals surface area (Å²) >= 11 is 0. The van der Waals surface area contributed by atoms with Gasteiger partial charge in [-0.05, 0) is 32.6 Å². The highest BCUT2D eigenvalue weighted by molar-refractivity contribution is 5.72. The van der Waals surface area contributed by atoms with Gasteiger partial charge in [0, 0.05) is 12.8 Å². The molecule has 1 atom stereocenters. The minimum atomic E-state index is -0.195. The molecule has 29 heavy (non-hydrogen) atoms. The Morgan fingerprint density at radius 2 is 1.10 bits per heavy atom. The third kappa shape index (κ3) is 21.5. The van der Waals surface area contributed by atoms with Gasteiger partial charge >= 0.3 is 11.9 Å². The fourth-order valence-electron chi connectivity index (χ4n) is 3.43. The second-order valence-electron chi connectivity index (χ2n) is 8.41. The van der Waals surface area contributed by atoms with E-state index in [0.717, 1.165) is 25.7 Å². The molecule has 0 radical (unpaired) electrons. The normalized spacial score (nSPS) is 12.0. The Morgan fingerprint density at radius 3 is 1.69 bits per heavy atom. The summed E-state index contributed by atoms with van der Waals surface area (Å²) in [6.07, 6.45) is 19.4. The molecule has 0 N–H and O–H groups in total. The molecule has 0 fully saturated rings. The first-order valence-corrected chi connectivity index (χ1v) is 12.4. The van der Waals surface area contributed by atoms with Crippen molar-refractivity contribution in [2.45, 2.75) is 142 Å². The highest BCUT2D eigenvalue weighted by atomic mass is 16.5. The molecular weight excluding hydrogens is 364 g/mol. The van der Waals surface area contributed by atoms with Gasteiger partial charge in [0.15, 0.2) is 0 Å². The van der Waals surface area contributed by atoms with Crippen molar-refractivity contribution in [1.82, 2.24) is 0 Å². The van der Waals surface area contributed by atoms with Gasteiger partial charge in [-0.2, -0.15) is 0 Å². The summed E-state index contributed by atoms with van der Waals surface area (Å²) in [5.74, 6) is -0.389. The van der Waals surface area contributed by atoms with E-state index in [1.54, 1.807) is 0 Å². The molecule has 1 unspecified atom stereocenters. The monoisotopic (exact) mass is 412 g/mol. The molecule has 0 amide bonds. The lowest BCUT2D eigenvalue weighted by Crippen LogP contribution is -2.15. The number of ether oxygens (including phenoxy) is 2. The molecule has 0 rings (SSSR count). The van der Waals surface area contributed by atoms with Crippen LogP contribution in [0, 0.1) is 0 Å². The second kappa shape index (κ2) is 21.6. The molecule has 172 valence electrons. The average Bonchev–Trinajstić information content (AvgIpc) is 2.69. The van der Waals surface area contributed by atoms with Crippen LogP contribution in [0.25, 0.3) is 0 Å². The molecule has 0 heterocycles. The van der Waals surface area contributed by atoms with E-state index in [0.29, 0.717) is 25.9 Å². The SMILES string of the molecule is CCCCCCCCCCOC(=O)CCCC(=O)OC(C)CCCCCCCC. The minimum Gasteiger partial charge on any atom is -0.466 e. The quantitative estimate of drug-likeness (QED) is 0.144. The van der Waals surface area contributed by atoms with Gasteiger partial charge in [0.2, 0.25) is 0 Å². The maximum absolute atomic E-state index is 11.9. The zero-order valence-electron chi connectivity index (χ0n) is 19.6. The summed E-state index contributed by atoms with van der Waals surface area (Å²) in [5, 5.41) is 0. The third-order valence-electron chi connectivity index (χ3n) is 5.32. The van der Waals surface area contributed by atoms with Crippen LogP contribution in [0.15, 0.2) is 0 Å². The number of carbonyl (C=O) groups excluding carboxylic acids is 2. The lowest BCUT2D eigenvalue weighted by molar-refractivity contribution is -0.149. The Morgan fingerprint density at radius 1 is 0.621 bits per heavy atom. The van der Waals surface area contributed by atoms with Crippen molar-refractivity contribution < 1.29 is 19.1 Å². The summed E-state index contributed by atoms with van der Waals surface area (Å²) in [5.41, 5.74) is 0. The van der Waals surface area contributed by atoms with E-state index in [1.807, 2.05) is 6.92 Å². The predicted octanol–water partition coefficient (Wildman–Crippen LogP) is 7.52. The topological polar surface area (TPSA) is 52.6 Å². The van der Waals surface area contributed by atoms with Crippen molar-refractivity contribution in [3.63, 3.8) is 0 Å². The van der Waals surface area contributed by atoms with Gasteiger partial charge in [-0.25, -0.2) is 0 Å². The van der Waals surface area contributed by atoms with E-state index in [9.17, 15) is 9.59 Å². The molecule has 4 nitrogen and oxygen atoms in total. The Hall–Kier alpha value is -1.06. The maximum Gasteiger partial charge on any atom is 0.306 e. The Labute approximate surface area is 180 Å². The van der Waals surface area contributed by atoms with E-state index in [2.05, 4.69) is 13.8 Å². The van der Waals surface area contributed by atoms with Gasteiger partial charge in [-0.15, -0.1) is 0 Å². The summed E-state index contributed by atoms with van der Waals surface area (Å²) in [6, 6.07) is 0. The first-order valence-electron chi connectivity index (χ1n) is 12.4. The number of hydrogen-bond donors (Lipinski definition) is 0. The second-order valence-corrected chi connectivity index (χ2v) is 8.41. The molecule has 0 aromatic carbocycles. The molecule has 0 aromatic rings. The first-order chi connectivity index (χ1) is 14.1.